The fourth-order valence-corrected chi connectivity index (χ4v) is 1.29. The predicted octanol–water partition coefficient (Wildman–Crippen LogP) is -0.979. The first-order valence-corrected chi connectivity index (χ1v) is 5.17. The molecule has 1 amide bonds. The molecule has 94 valence electrons. The summed E-state index contributed by atoms with van der Waals surface area (Å²) in [5, 5.41) is 16.5. The number of primary amides is 1. The molecule has 0 saturated carbocycles. The van der Waals surface area contributed by atoms with Crippen molar-refractivity contribution in [2.24, 2.45) is 5.73 Å². The van der Waals surface area contributed by atoms with Crippen molar-refractivity contribution in [2.75, 3.05) is 38.3 Å². The van der Waals surface area contributed by atoms with Gasteiger partial charge in [0.25, 0.3) is 5.91 Å². The second kappa shape index (κ2) is 6.77. The average Bonchev–Trinajstić information content (AvgIpc) is 2.34. The molecule has 0 bridgehead atoms. The van der Waals surface area contributed by atoms with Crippen molar-refractivity contribution < 1.29 is 14.6 Å². The topological polar surface area (TPSA) is 102 Å². The number of aromatic nitrogens is 2. The van der Waals surface area contributed by atoms with E-state index in [4.69, 9.17) is 15.6 Å². The van der Waals surface area contributed by atoms with E-state index in [-0.39, 0.29) is 12.3 Å². The first-order chi connectivity index (χ1) is 8.19. The first kappa shape index (κ1) is 13.3. The van der Waals surface area contributed by atoms with Gasteiger partial charge in [-0.15, -0.1) is 10.2 Å². The molecule has 1 aromatic rings. The van der Waals surface area contributed by atoms with Crippen LogP contribution in [0.15, 0.2) is 12.1 Å². The number of aliphatic hydroxyl groups is 1. The Bertz CT molecular complexity index is 355. The van der Waals surface area contributed by atoms with E-state index in [1.807, 2.05) is 0 Å². The third-order valence-corrected chi connectivity index (χ3v) is 2.16. The molecule has 1 aromatic heterocycles. The zero-order valence-corrected chi connectivity index (χ0v) is 9.67. The number of hydrogen-bond donors (Lipinski definition) is 2. The molecule has 0 fully saturated rings. The molecule has 7 heteroatoms. The van der Waals surface area contributed by atoms with Crippen LogP contribution in [0.1, 0.15) is 10.5 Å². The Labute approximate surface area is 99.2 Å². The minimum atomic E-state index is -0.616. The molecule has 7 nitrogen and oxygen atoms in total. The maximum absolute atomic E-state index is 10.8. The van der Waals surface area contributed by atoms with Crippen LogP contribution in [-0.4, -0.2) is 54.6 Å². The Kier molecular flexibility index (Phi) is 5.31. The quantitative estimate of drug-likeness (QED) is 0.635. The first-order valence-electron chi connectivity index (χ1n) is 5.17. The Morgan fingerprint density at radius 1 is 1.47 bits per heavy atom. The number of rotatable bonds is 7. The lowest BCUT2D eigenvalue weighted by molar-refractivity contribution is 0.0994. The summed E-state index contributed by atoms with van der Waals surface area (Å²) < 4.78 is 4.96. The lowest BCUT2D eigenvalue weighted by Crippen LogP contribution is -2.31. The number of carbonyl (C=O) groups is 1. The molecule has 0 unspecified atom stereocenters. The number of carbonyl (C=O) groups excluding carboxylic acids is 1. The van der Waals surface area contributed by atoms with Crippen molar-refractivity contribution in [3.63, 3.8) is 0 Å². The molecule has 0 aliphatic carbocycles. The zero-order valence-electron chi connectivity index (χ0n) is 9.67. The van der Waals surface area contributed by atoms with Gasteiger partial charge in [-0.3, -0.25) is 4.79 Å². The average molecular weight is 240 g/mol. The third kappa shape index (κ3) is 3.97. The molecule has 1 heterocycles. The third-order valence-electron chi connectivity index (χ3n) is 2.16. The number of methoxy groups -OCH3 is 1. The standard InChI is InChI=1S/C10H16N4O3/c1-17-7-5-14(4-6-15)9-3-2-8(10(11)16)12-13-9/h2-3,15H,4-7H2,1H3,(H2,11,16). The minimum absolute atomic E-state index is 0.00294. The number of nitrogens with zero attached hydrogens (tertiary/aromatic N) is 3. The molecule has 1 rings (SSSR count). The summed E-state index contributed by atoms with van der Waals surface area (Å²) in [6.45, 7) is 1.53. The van der Waals surface area contributed by atoms with Gasteiger partial charge in [0.2, 0.25) is 0 Å². The van der Waals surface area contributed by atoms with E-state index in [1.165, 1.54) is 6.07 Å². The number of ether oxygens (including phenoxy) is 1. The lowest BCUT2D eigenvalue weighted by atomic mass is 10.3. The van der Waals surface area contributed by atoms with Crippen LogP contribution in [0.2, 0.25) is 0 Å². The Morgan fingerprint density at radius 3 is 2.71 bits per heavy atom. The van der Waals surface area contributed by atoms with Crippen LogP contribution in [0.25, 0.3) is 0 Å². The monoisotopic (exact) mass is 240 g/mol. The van der Waals surface area contributed by atoms with Gasteiger partial charge in [0.1, 0.15) is 0 Å². The number of anilines is 1. The summed E-state index contributed by atoms with van der Waals surface area (Å²) in [6, 6.07) is 3.14. The van der Waals surface area contributed by atoms with Crippen LogP contribution in [-0.2, 0) is 4.74 Å². The Morgan fingerprint density at radius 2 is 2.24 bits per heavy atom. The number of nitrogens with two attached hydrogens (primary N) is 1. The highest BCUT2D eigenvalue weighted by atomic mass is 16.5. The highest BCUT2D eigenvalue weighted by Crippen LogP contribution is 2.08. The largest absolute Gasteiger partial charge is 0.395 e. The van der Waals surface area contributed by atoms with Crippen molar-refractivity contribution in [1.82, 2.24) is 10.2 Å². The summed E-state index contributed by atoms with van der Waals surface area (Å²) in [5.41, 5.74) is 5.18. The van der Waals surface area contributed by atoms with E-state index in [1.54, 1.807) is 18.1 Å². The molecule has 17 heavy (non-hydrogen) atoms. The van der Waals surface area contributed by atoms with Gasteiger partial charge in [-0.25, -0.2) is 0 Å². The van der Waals surface area contributed by atoms with Crippen LogP contribution in [0.3, 0.4) is 0 Å². The second-order valence-electron chi connectivity index (χ2n) is 3.34. The van der Waals surface area contributed by atoms with Crippen LogP contribution in [0, 0.1) is 0 Å². The van der Waals surface area contributed by atoms with E-state index < -0.39 is 5.91 Å². The maximum Gasteiger partial charge on any atom is 0.269 e. The van der Waals surface area contributed by atoms with Gasteiger partial charge in [-0.1, -0.05) is 0 Å². The Hall–Kier alpha value is -1.73. The van der Waals surface area contributed by atoms with E-state index >= 15 is 0 Å². The molecule has 0 aromatic carbocycles. The van der Waals surface area contributed by atoms with Gasteiger partial charge in [0.05, 0.1) is 13.2 Å². The normalized spacial score (nSPS) is 10.2. The molecule has 0 aliphatic heterocycles. The molecule has 0 atom stereocenters. The predicted molar refractivity (Wildman–Crippen MR) is 61.7 cm³/mol. The maximum atomic E-state index is 10.8. The van der Waals surface area contributed by atoms with E-state index in [0.717, 1.165) is 0 Å². The fraction of sp³-hybridized carbons (Fsp3) is 0.500. The molecular formula is C10H16N4O3. The SMILES string of the molecule is COCCN(CCO)c1ccc(C(N)=O)nn1. The molecule has 3 N–H and O–H groups in total. The van der Waals surface area contributed by atoms with Gasteiger partial charge in [-0.05, 0) is 12.1 Å². The van der Waals surface area contributed by atoms with Crippen molar-refractivity contribution >= 4 is 11.7 Å². The minimum Gasteiger partial charge on any atom is -0.395 e. The number of aliphatic hydroxyl groups excluding tert-OH is 1. The van der Waals surface area contributed by atoms with Crippen LogP contribution in [0.5, 0.6) is 0 Å². The highest BCUT2D eigenvalue weighted by Gasteiger charge is 2.09. The van der Waals surface area contributed by atoms with Crippen LogP contribution >= 0.6 is 0 Å². The highest BCUT2D eigenvalue weighted by molar-refractivity contribution is 5.90. The number of hydrogen-bond acceptors (Lipinski definition) is 6. The van der Waals surface area contributed by atoms with Gasteiger partial charge in [-0.2, -0.15) is 0 Å². The van der Waals surface area contributed by atoms with Gasteiger partial charge < -0.3 is 20.5 Å². The summed E-state index contributed by atoms with van der Waals surface area (Å²) in [5.74, 6) is -0.0456. The van der Waals surface area contributed by atoms with Crippen LogP contribution < -0.4 is 10.6 Å². The van der Waals surface area contributed by atoms with Crippen LogP contribution in [0.4, 0.5) is 5.82 Å². The summed E-state index contributed by atoms with van der Waals surface area (Å²) >= 11 is 0. The summed E-state index contributed by atoms with van der Waals surface area (Å²) in [4.78, 5) is 12.6. The summed E-state index contributed by atoms with van der Waals surface area (Å²) in [6.07, 6.45) is 0. The summed E-state index contributed by atoms with van der Waals surface area (Å²) in [7, 11) is 1.60. The molecule has 0 radical (unpaired) electrons. The van der Waals surface area contributed by atoms with Crippen molar-refractivity contribution in [3.05, 3.63) is 17.8 Å². The molecule has 0 aliphatic rings. The number of amides is 1. The zero-order chi connectivity index (χ0) is 12.7. The second-order valence-corrected chi connectivity index (χ2v) is 3.34. The van der Waals surface area contributed by atoms with Gasteiger partial charge in [0.15, 0.2) is 11.5 Å². The van der Waals surface area contributed by atoms with Crippen molar-refractivity contribution in [1.29, 1.82) is 0 Å². The lowest BCUT2D eigenvalue weighted by Gasteiger charge is -2.21. The van der Waals surface area contributed by atoms with Crippen molar-refractivity contribution in [2.45, 2.75) is 0 Å². The van der Waals surface area contributed by atoms with Gasteiger partial charge >= 0.3 is 0 Å². The van der Waals surface area contributed by atoms with Gasteiger partial charge in [0, 0.05) is 20.2 Å². The van der Waals surface area contributed by atoms with E-state index in [0.29, 0.717) is 25.5 Å². The van der Waals surface area contributed by atoms with E-state index in [9.17, 15) is 4.79 Å². The smallest absolute Gasteiger partial charge is 0.269 e. The van der Waals surface area contributed by atoms with Crippen molar-refractivity contribution in [3.8, 4) is 0 Å². The molecule has 0 spiro atoms. The molecular weight excluding hydrogens is 224 g/mol. The van der Waals surface area contributed by atoms with E-state index in [2.05, 4.69) is 10.2 Å². The molecule has 0 saturated heterocycles. The fourth-order valence-electron chi connectivity index (χ4n) is 1.29. The Balaban J connectivity index is 2.75.